The number of halogens is 3. The molecule has 0 aliphatic heterocycles. The second-order valence-electron chi connectivity index (χ2n) is 2.09. The van der Waals surface area contributed by atoms with Crippen LogP contribution < -0.4 is 0 Å². The molecule has 0 aliphatic rings. The second-order valence-corrected chi connectivity index (χ2v) is 2.09. The molecule has 0 atom stereocenters. The zero-order valence-corrected chi connectivity index (χ0v) is 7.25. The molecule has 0 radical (unpaired) electrons. The lowest BCUT2D eigenvalue weighted by atomic mass is 10.2. The Kier molecular flexibility index (Phi) is 4.79. The molecule has 0 spiro atoms. The first-order chi connectivity index (χ1) is 6.54. The van der Waals surface area contributed by atoms with Crippen LogP contribution in [0.25, 0.3) is 0 Å². The normalized spacial score (nSPS) is 10.1. The monoisotopic (exact) mass is 207 g/mol. The predicted molar refractivity (Wildman–Crippen MR) is 42.8 cm³/mol. The maximum atomic E-state index is 11.9. The van der Waals surface area contributed by atoms with Gasteiger partial charge in [-0.25, -0.2) is 0 Å². The van der Waals surface area contributed by atoms with Gasteiger partial charge in [0.05, 0.1) is 5.56 Å². The van der Waals surface area contributed by atoms with Gasteiger partial charge in [0.1, 0.15) is 5.69 Å². The van der Waals surface area contributed by atoms with Crippen LogP contribution >= 0.6 is 0 Å². The lowest BCUT2D eigenvalue weighted by molar-refractivity contribution is -0.137. The fourth-order valence-corrected chi connectivity index (χ4v) is 0.643. The van der Waals surface area contributed by atoms with Crippen molar-refractivity contribution in [2.24, 2.45) is 0 Å². The molecule has 6 heteroatoms. The Balaban J connectivity index is 0.000000791. The fourth-order valence-electron chi connectivity index (χ4n) is 0.643. The van der Waals surface area contributed by atoms with Crippen LogP contribution in [0.4, 0.5) is 13.2 Å². The molecular weight excluding hydrogens is 199 g/mol. The average molecular weight is 207 g/mol. The van der Waals surface area contributed by atoms with Crippen molar-refractivity contribution in [2.45, 2.75) is 6.18 Å². The van der Waals surface area contributed by atoms with E-state index < -0.39 is 11.7 Å². The van der Waals surface area contributed by atoms with Crippen molar-refractivity contribution in [3.63, 3.8) is 0 Å². The Morgan fingerprint density at radius 1 is 1.36 bits per heavy atom. The van der Waals surface area contributed by atoms with Gasteiger partial charge in [0, 0.05) is 13.3 Å². The Labute approximate surface area is 78.2 Å². The highest BCUT2D eigenvalue weighted by atomic mass is 19.4. The number of hydrogen-bond acceptors (Lipinski definition) is 3. The summed E-state index contributed by atoms with van der Waals surface area (Å²) in [5, 5.41) is 7.00. The van der Waals surface area contributed by atoms with E-state index in [1.165, 1.54) is 0 Å². The van der Waals surface area contributed by atoms with Gasteiger partial charge >= 0.3 is 6.18 Å². The van der Waals surface area contributed by atoms with E-state index in [2.05, 4.69) is 4.98 Å². The number of alkyl halides is 3. The summed E-state index contributed by atoms with van der Waals surface area (Å²) in [5.41, 5.74) is -0.865. The smallest absolute Gasteiger partial charge is 0.400 e. The minimum absolute atomic E-state index is 0.0111. The SMILES string of the molecule is CO.O=Cc1ccc(C(F)(F)F)cn1. The van der Waals surface area contributed by atoms with Gasteiger partial charge in [-0.15, -0.1) is 0 Å². The van der Waals surface area contributed by atoms with Crippen molar-refractivity contribution in [1.29, 1.82) is 0 Å². The number of aromatic nitrogens is 1. The topological polar surface area (TPSA) is 50.2 Å². The van der Waals surface area contributed by atoms with Gasteiger partial charge in [-0.1, -0.05) is 0 Å². The number of aliphatic hydroxyl groups is 1. The van der Waals surface area contributed by atoms with Crippen LogP contribution in [0.5, 0.6) is 0 Å². The van der Waals surface area contributed by atoms with E-state index in [0.717, 1.165) is 19.2 Å². The number of hydrogen-bond donors (Lipinski definition) is 1. The van der Waals surface area contributed by atoms with Crippen molar-refractivity contribution in [3.05, 3.63) is 29.6 Å². The molecule has 3 nitrogen and oxygen atoms in total. The number of pyridine rings is 1. The largest absolute Gasteiger partial charge is 0.417 e. The van der Waals surface area contributed by atoms with Crippen LogP contribution in [-0.2, 0) is 6.18 Å². The van der Waals surface area contributed by atoms with Gasteiger partial charge in [-0.05, 0) is 12.1 Å². The predicted octanol–water partition coefficient (Wildman–Crippen LogP) is 1.52. The van der Waals surface area contributed by atoms with Gasteiger partial charge in [-0.2, -0.15) is 13.2 Å². The molecule has 0 unspecified atom stereocenters. The molecule has 0 bridgehead atoms. The summed E-state index contributed by atoms with van der Waals surface area (Å²) >= 11 is 0. The summed E-state index contributed by atoms with van der Waals surface area (Å²) < 4.78 is 35.7. The first-order valence-electron chi connectivity index (χ1n) is 3.47. The number of rotatable bonds is 1. The number of aliphatic hydroxyl groups excluding tert-OH is 1. The highest BCUT2D eigenvalue weighted by molar-refractivity contribution is 5.71. The fraction of sp³-hybridized carbons (Fsp3) is 0.250. The van der Waals surface area contributed by atoms with E-state index in [1.54, 1.807) is 0 Å². The molecule has 0 aliphatic carbocycles. The summed E-state index contributed by atoms with van der Waals surface area (Å²) in [6, 6.07) is 1.84. The van der Waals surface area contributed by atoms with E-state index in [4.69, 9.17) is 5.11 Å². The molecular formula is C8H8F3NO2. The van der Waals surface area contributed by atoms with E-state index in [9.17, 15) is 18.0 Å². The molecule has 0 fully saturated rings. The van der Waals surface area contributed by atoms with Crippen LogP contribution in [0, 0.1) is 0 Å². The molecule has 14 heavy (non-hydrogen) atoms. The van der Waals surface area contributed by atoms with Crippen molar-refractivity contribution in [3.8, 4) is 0 Å². The zero-order chi connectivity index (χ0) is 11.2. The van der Waals surface area contributed by atoms with E-state index in [0.29, 0.717) is 12.5 Å². The first-order valence-corrected chi connectivity index (χ1v) is 3.47. The molecule has 0 amide bonds. The molecule has 1 rings (SSSR count). The summed E-state index contributed by atoms with van der Waals surface area (Å²) in [7, 11) is 1.00. The molecule has 1 heterocycles. The van der Waals surface area contributed by atoms with Gasteiger partial charge in [0.25, 0.3) is 0 Å². The Bertz CT molecular complexity index is 282. The number of aldehydes is 1. The van der Waals surface area contributed by atoms with Gasteiger partial charge in [-0.3, -0.25) is 9.78 Å². The molecule has 1 N–H and O–H groups in total. The lowest BCUT2D eigenvalue weighted by Crippen LogP contribution is -2.05. The Hall–Kier alpha value is -1.43. The van der Waals surface area contributed by atoms with Crippen LogP contribution in [0.15, 0.2) is 18.3 Å². The standard InChI is InChI=1S/C7H4F3NO.CH4O/c8-7(9,10)5-1-2-6(4-12)11-3-5;1-2/h1-4H;2H,1H3. The van der Waals surface area contributed by atoms with Crippen LogP contribution in [-0.4, -0.2) is 23.5 Å². The van der Waals surface area contributed by atoms with Gasteiger partial charge < -0.3 is 5.11 Å². The van der Waals surface area contributed by atoms with Crippen molar-refractivity contribution in [1.82, 2.24) is 4.98 Å². The summed E-state index contributed by atoms with van der Waals surface area (Å²) in [5.74, 6) is 0. The first kappa shape index (κ1) is 12.6. The summed E-state index contributed by atoms with van der Waals surface area (Å²) in [6.07, 6.45) is -3.38. The summed E-state index contributed by atoms with van der Waals surface area (Å²) in [6.45, 7) is 0. The number of nitrogens with zero attached hydrogens (tertiary/aromatic N) is 1. The Morgan fingerprint density at radius 3 is 2.21 bits per heavy atom. The van der Waals surface area contributed by atoms with E-state index in [-0.39, 0.29) is 5.69 Å². The highest BCUT2D eigenvalue weighted by Gasteiger charge is 2.30. The minimum atomic E-state index is -4.39. The maximum absolute atomic E-state index is 11.9. The molecule has 0 saturated heterocycles. The quantitative estimate of drug-likeness (QED) is 0.710. The van der Waals surface area contributed by atoms with Gasteiger partial charge in [0.15, 0.2) is 6.29 Å². The van der Waals surface area contributed by atoms with E-state index >= 15 is 0 Å². The Morgan fingerprint density at radius 2 is 1.93 bits per heavy atom. The summed E-state index contributed by atoms with van der Waals surface area (Å²) in [4.78, 5) is 13.3. The molecule has 0 aromatic carbocycles. The van der Waals surface area contributed by atoms with Crippen LogP contribution in [0.3, 0.4) is 0 Å². The van der Waals surface area contributed by atoms with Crippen LogP contribution in [0.2, 0.25) is 0 Å². The maximum Gasteiger partial charge on any atom is 0.417 e. The number of carbonyl (C=O) groups excluding carboxylic acids is 1. The third kappa shape index (κ3) is 3.53. The third-order valence-electron chi connectivity index (χ3n) is 1.23. The van der Waals surface area contributed by atoms with E-state index in [1.807, 2.05) is 0 Å². The van der Waals surface area contributed by atoms with Crippen LogP contribution in [0.1, 0.15) is 16.1 Å². The minimum Gasteiger partial charge on any atom is -0.400 e. The lowest BCUT2D eigenvalue weighted by Gasteiger charge is -2.04. The van der Waals surface area contributed by atoms with Crippen molar-refractivity contribution < 1.29 is 23.1 Å². The highest BCUT2D eigenvalue weighted by Crippen LogP contribution is 2.28. The molecule has 78 valence electrons. The average Bonchev–Trinajstić information content (AvgIpc) is 2.20. The molecule has 1 aromatic heterocycles. The zero-order valence-electron chi connectivity index (χ0n) is 7.25. The second kappa shape index (κ2) is 5.33. The van der Waals surface area contributed by atoms with Crippen molar-refractivity contribution >= 4 is 6.29 Å². The third-order valence-corrected chi connectivity index (χ3v) is 1.23. The van der Waals surface area contributed by atoms with Gasteiger partial charge in [0.2, 0.25) is 0 Å². The van der Waals surface area contributed by atoms with Crippen molar-refractivity contribution in [2.75, 3.05) is 7.11 Å². The molecule has 1 aromatic rings. The number of carbonyl (C=O) groups is 1. The molecule has 0 saturated carbocycles.